The molecule has 2 saturated heterocycles. The summed E-state index contributed by atoms with van der Waals surface area (Å²) in [5.41, 5.74) is -0.231. The van der Waals surface area contributed by atoms with E-state index in [-0.39, 0.29) is 24.0 Å². The number of amides is 1. The molecule has 7 heteroatoms. The molecule has 1 N–H and O–H groups in total. The third-order valence-electron chi connectivity index (χ3n) is 5.99. The van der Waals surface area contributed by atoms with E-state index in [4.69, 9.17) is 9.15 Å². The predicted molar refractivity (Wildman–Crippen MR) is 104 cm³/mol. The van der Waals surface area contributed by atoms with Gasteiger partial charge in [0.1, 0.15) is 11.3 Å². The average Bonchev–Trinajstić information content (AvgIpc) is 2.69. The van der Waals surface area contributed by atoms with Crippen LogP contribution in [0.25, 0.3) is 11.0 Å². The van der Waals surface area contributed by atoms with Gasteiger partial charge in [-0.2, -0.15) is 0 Å². The third-order valence-corrected chi connectivity index (χ3v) is 5.99. The van der Waals surface area contributed by atoms with Crippen molar-refractivity contribution < 1.29 is 19.1 Å². The highest BCUT2D eigenvalue weighted by atomic mass is 16.5. The number of ether oxygens (including phenoxy) is 1. The van der Waals surface area contributed by atoms with Gasteiger partial charge < -0.3 is 24.1 Å². The molecule has 2 fully saturated rings. The van der Waals surface area contributed by atoms with Gasteiger partial charge in [-0.15, -0.1) is 0 Å². The van der Waals surface area contributed by atoms with E-state index in [9.17, 15) is 14.7 Å². The fraction of sp³-hybridized carbons (Fsp3) is 0.524. The smallest absolute Gasteiger partial charge is 0.336 e. The maximum atomic E-state index is 12.7. The van der Waals surface area contributed by atoms with Gasteiger partial charge in [-0.1, -0.05) is 0 Å². The van der Waals surface area contributed by atoms with Crippen molar-refractivity contribution in [2.75, 3.05) is 39.8 Å². The molecule has 2 aliphatic rings. The van der Waals surface area contributed by atoms with Crippen LogP contribution in [0, 0.1) is 5.41 Å². The van der Waals surface area contributed by atoms with Crippen LogP contribution in [-0.2, 0) is 4.79 Å². The molecule has 0 saturated carbocycles. The Morgan fingerprint density at radius 3 is 2.96 bits per heavy atom. The summed E-state index contributed by atoms with van der Waals surface area (Å²) in [6, 6.07) is 8.24. The minimum atomic E-state index is -0.421. The number of hydrogen-bond donors (Lipinski definition) is 1. The average molecular weight is 386 g/mol. The summed E-state index contributed by atoms with van der Waals surface area (Å²) in [7, 11) is 2.07. The molecule has 3 heterocycles. The molecule has 7 nitrogen and oxygen atoms in total. The van der Waals surface area contributed by atoms with E-state index < -0.39 is 5.63 Å². The number of rotatable bonds is 3. The highest BCUT2D eigenvalue weighted by Crippen LogP contribution is 2.38. The van der Waals surface area contributed by atoms with Crippen LogP contribution in [-0.4, -0.2) is 66.8 Å². The molecule has 0 radical (unpaired) electrons. The second-order valence-electron chi connectivity index (χ2n) is 8.07. The Morgan fingerprint density at radius 2 is 2.11 bits per heavy atom. The summed E-state index contributed by atoms with van der Waals surface area (Å²) >= 11 is 0. The predicted octanol–water partition coefficient (Wildman–Crippen LogP) is 1.48. The number of aliphatic hydroxyl groups excluding tert-OH is 1. The quantitative estimate of drug-likeness (QED) is 0.805. The molecule has 1 amide bonds. The Balaban J connectivity index is 1.41. The number of likely N-dealkylation sites (tertiary alicyclic amines) is 2. The SMILES string of the molecule is CN1CC[C@H](O)[C@@]2(CCCN(C(=O)COc3ccc4ccc(=O)oc4c3)C2)C1. The van der Waals surface area contributed by atoms with Gasteiger partial charge in [-0.25, -0.2) is 4.79 Å². The first kappa shape index (κ1) is 19.0. The highest BCUT2D eigenvalue weighted by molar-refractivity contribution is 5.79. The van der Waals surface area contributed by atoms with Gasteiger partial charge >= 0.3 is 5.63 Å². The molecule has 150 valence electrons. The van der Waals surface area contributed by atoms with E-state index in [0.29, 0.717) is 24.4 Å². The second-order valence-corrected chi connectivity index (χ2v) is 8.07. The summed E-state index contributed by atoms with van der Waals surface area (Å²) in [6.45, 7) is 2.87. The molecule has 1 aromatic heterocycles. The lowest BCUT2D eigenvalue weighted by Crippen LogP contribution is -2.59. The van der Waals surface area contributed by atoms with Crippen molar-refractivity contribution >= 4 is 16.9 Å². The van der Waals surface area contributed by atoms with Crippen LogP contribution in [0.5, 0.6) is 5.75 Å². The van der Waals surface area contributed by atoms with Crippen molar-refractivity contribution in [3.63, 3.8) is 0 Å². The van der Waals surface area contributed by atoms with Crippen LogP contribution >= 0.6 is 0 Å². The Morgan fingerprint density at radius 1 is 1.29 bits per heavy atom. The number of aliphatic hydroxyl groups is 1. The lowest BCUT2D eigenvalue weighted by Gasteiger charge is -2.50. The lowest BCUT2D eigenvalue weighted by molar-refractivity contribution is -0.142. The van der Waals surface area contributed by atoms with Crippen molar-refractivity contribution in [3.8, 4) is 5.75 Å². The number of benzene rings is 1. The Labute approximate surface area is 163 Å². The summed E-state index contributed by atoms with van der Waals surface area (Å²) in [5, 5.41) is 11.4. The van der Waals surface area contributed by atoms with Crippen molar-refractivity contribution in [2.45, 2.75) is 25.4 Å². The molecule has 2 atom stereocenters. The van der Waals surface area contributed by atoms with Crippen LogP contribution in [0.4, 0.5) is 0 Å². The molecule has 0 aliphatic carbocycles. The summed E-state index contributed by atoms with van der Waals surface area (Å²) < 4.78 is 10.8. The van der Waals surface area contributed by atoms with Gasteiger partial charge in [0.2, 0.25) is 0 Å². The molecular formula is C21H26N2O5. The number of piperidine rings is 2. The first-order valence-corrected chi connectivity index (χ1v) is 9.76. The number of fused-ring (bicyclic) bond motifs is 1. The Hall–Kier alpha value is -2.38. The molecule has 2 aromatic rings. The minimum absolute atomic E-state index is 0.0788. The van der Waals surface area contributed by atoms with E-state index in [1.54, 1.807) is 24.3 Å². The van der Waals surface area contributed by atoms with Crippen molar-refractivity contribution in [3.05, 3.63) is 40.8 Å². The number of nitrogens with zero attached hydrogens (tertiary/aromatic N) is 2. The van der Waals surface area contributed by atoms with Gasteiger partial charge in [0.05, 0.1) is 6.10 Å². The minimum Gasteiger partial charge on any atom is -0.484 e. The number of carbonyl (C=O) groups is 1. The van der Waals surface area contributed by atoms with Crippen molar-refractivity contribution in [1.29, 1.82) is 0 Å². The summed E-state index contributed by atoms with van der Waals surface area (Å²) in [4.78, 5) is 28.2. The molecule has 1 spiro atoms. The van der Waals surface area contributed by atoms with Crippen molar-refractivity contribution in [2.24, 2.45) is 5.41 Å². The Bertz CT molecular complexity index is 926. The molecule has 1 aromatic carbocycles. The number of hydrogen-bond acceptors (Lipinski definition) is 6. The van der Waals surface area contributed by atoms with Crippen molar-refractivity contribution in [1.82, 2.24) is 9.80 Å². The normalized spacial score (nSPS) is 25.9. The van der Waals surface area contributed by atoms with E-state index in [2.05, 4.69) is 11.9 Å². The van der Waals surface area contributed by atoms with Crippen LogP contribution in [0.2, 0.25) is 0 Å². The topological polar surface area (TPSA) is 83.2 Å². The van der Waals surface area contributed by atoms with Gasteiger partial charge in [0.15, 0.2) is 6.61 Å². The van der Waals surface area contributed by atoms with E-state index in [1.807, 2.05) is 4.90 Å². The standard InChI is InChI=1S/C21H26N2O5/c1-22-10-7-18(24)21(13-22)8-2-9-23(14-21)19(25)12-27-16-5-3-15-4-6-20(26)28-17(15)11-16/h3-6,11,18,24H,2,7-10,12-14H2,1H3/t18-,21-/m0/s1. The van der Waals surface area contributed by atoms with Crippen LogP contribution in [0.3, 0.4) is 0 Å². The lowest BCUT2D eigenvalue weighted by atomic mass is 9.71. The fourth-order valence-electron chi connectivity index (χ4n) is 4.51. The van der Waals surface area contributed by atoms with Crippen LogP contribution in [0.1, 0.15) is 19.3 Å². The first-order valence-electron chi connectivity index (χ1n) is 9.76. The molecule has 4 rings (SSSR count). The van der Waals surface area contributed by atoms with E-state index >= 15 is 0 Å². The maximum absolute atomic E-state index is 12.7. The molecular weight excluding hydrogens is 360 g/mol. The zero-order chi connectivity index (χ0) is 19.7. The number of carbonyl (C=O) groups excluding carboxylic acids is 1. The largest absolute Gasteiger partial charge is 0.484 e. The monoisotopic (exact) mass is 386 g/mol. The van der Waals surface area contributed by atoms with Crippen LogP contribution < -0.4 is 10.4 Å². The third kappa shape index (κ3) is 3.77. The first-order chi connectivity index (χ1) is 13.4. The molecule has 0 unspecified atom stereocenters. The zero-order valence-electron chi connectivity index (χ0n) is 16.1. The molecule has 2 aliphatic heterocycles. The summed E-state index contributed by atoms with van der Waals surface area (Å²) in [5.74, 6) is 0.397. The van der Waals surface area contributed by atoms with E-state index in [0.717, 1.165) is 37.7 Å². The van der Waals surface area contributed by atoms with Crippen LogP contribution in [0.15, 0.2) is 39.5 Å². The van der Waals surface area contributed by atoms with Gasteiger partial charge in [-0.05, 0) is 44.5 Å². The second kappa shape index (κ2) is 7.56. The van der Waals surface area contributed by atoms with Gasteiger partial charge in [0.25, 0.3) is 5.91 Å². The fourth-order valence-corrected chi connectivity index (χ4v) is 4.51. The van der Waals surface area contributed by atoms with Gasteiger partial charge in [0, 0.05) is 49.1 Å². The molecule has 28 heavy (non-hydrogen) atoms. The maximum Gasteiger partial charge on any atom is 0.336 e. The molecule has 0 bridgehead atoms. The zero-order valence-corrected chi connectivity index (χ0v) is 16.1. The van der Waals surface area contributed by atoms with E-state index in [1.165, 1.54) is 6.07 Å². The van der Waals surface area contributed by atoms with Gasteiger partial charge in [-0.3, -0.25) is 4.79 Å². The highest BCUT2D eigenvalue weighted by Gasteiger charge is 2.45. The Kier molecular flexibility index (Phi) is 5.12. The summed E-state index contributed by atoms with van der Waals surface area (Å²) in [6.07, 6.45) is 2.20.